The molecular formula is C41H41F9N6O6. The van der Waals surface area contributed by atoms with Crippen LogP contribution in [0.15, 0.2) is 73.1 Å². The molecule has 0 saturated carbocycles. The zero-order valence-corrected chi connectivity index (χ0v) is 33.6. The van der Waals surface area contributed by atoms with E-state index in [0.29, 0.717) is 53.6 Å². The predicted molar refractivity (Wildman–Crippen MR) is 211 cm³/mol. The molecule has 0 unspecified atom stereocenters. The van der Waals surface area contributed by atoms with Crippen LogP contribution in [-0.2, 0) is 34.7 Å². The monoisotopic (exact) mass is 884 g/mol. The number of amides is 1. The van der Waals surface area contributed by atoms with Crippen molar-refractivity contribution >= 4 is 45.5 Å². The van der Waals surface area contributed by atoms with Gasteiger partial charge in [0.15, 0.2) is 0 Å². The van der Waals surface area contributed by atoms with E-state index >= 15 is 0 Å². The molecule has 0 aliphatic carbocycles. The Hall–Kier alpha value is -6.67. The minimum atomic E-state index is -5.08. The van der Waals surface area contributed by atoms with Crippen molar-refractivity contribution in [2.24, 2.45) is 0 Å². The molecule has 21 heteroatoms. The molecular weight excluding hydrogens is 843 g/mol. The van der Waals surface area contributed by atoms with Crippen molar-refractivity contribution in [2.75, 3.05) is 24.3 Å². The Morgan fingerprint density at radius 2 is 1.10 bits per heavy atom. The second-order valence-corrected chi connectivity index (χ2v) is 14.5. The van der Waals surface area contributed by atoms with Crippen molar-refractivity contribution < 1.29 is 68.4 Å². The van der Waals surface area contributed by atoms with Crippen molar-refractivity contribution in [1.82, 2.24) is 19.9 Å². The molecule has 4 heterocycles. The quantitative estimate of drug-likeness (QED) is 0.0884. The zero-order chi connectivity index (χ0) is 46.2. The van der Waals surface area contributed by atoms with Gasteiger partial charge in [0.1, 0.15) is 16.6 Å². The molecule has 0 bridgehead atoms. The largest absolute Gasteiger partial charge is 0.490 e. The number of nitrogen functional groups attached to an aromatic ring is 1. The molecule has 0 radical (unpaired) electrons. The molecule has 0 atom stereocenters. The number of H-pyrrole nitrogens is 2. The van der Waals surface area contributed by atoms with E-state index in [1.54, 1.807) is 45.3 Å². The molecule has 0 fully saturated rings. The second kappa shape index (κ2) is 19.4. The summed E-state index contributed by atoms with van der Waals surface area (Å²) in [7, 11) is 0. The maximum atomic E-state index is 12.7. The lowest BCUT2D eigenvalue weighted by molar-refractivity contribution is -0.192. The van der Waals surface area contributed by atoms with E-state index in [2.05, 4.69) is 25.3 Å². The normalized spacial score (nSPS) is 11.9. The molecule has 4 aromatic heterocycles. The van der Waals surface area contributed by atoms with Gasteiger partial charge in [-0.3, -0.25) is 5.32 Å². The second-order valence-electron chi connectivity index (χ2n) is 14.5. The number of carbonyl (C=O) groups excluding carboxylic acids is 1. The molecule has 0 spiro atoms. The summed E-state index contributed by atoms with van der Waals surface area (Å²) in [6.07, 6.45) is -10.1. The molecule has 2 aromatic carbocycles. The highest BCUT2D eigenvalue weighted by atomic mass is 19.4. The third-order valence-corrected chi connectivity index (χ3v) is 8.37. The van der Waals surface area contributed by atoms with Crippen LogP contribution in [-0.4, -0.2) is 62.1 Å². The number of benzene rings is 2. The Labute approximate surface area is 347 Å². The number of halogens is 9. The first-order valence-electron chi connectivity index (χ1n) is 18.3. The molecule has 0 saturated heterocycles. The number of fused-ring (bicyclic) bond motifs is 2. The van der Waals surface area contributed by atoms with E-state index < -0.39 is 47.3 Å². The predicted octanol–water partition coefficient (Wildman–Crippen LogP) is 10.6. The standard InChI is InChI=1S/C22H24F3N3O3.C17H16F3N3O.C2HF3O2/c1-13-11-17(30-10-9-14-5-7-15(8-6-14)22(23,24)25)28-19-16(12-26-18(13)19)27-20(29)31-21(2,3)4;1-10-8-14(23-16-13(21)9-22-15(10)16)24-7-6-11-2-4-12(5-3-11)17(18,19)20;3-2(4,5)1(6)7/h5-8,11-12,26H,9-10H2,1-4H3,(H,27,29);2-5,8-9,22H,6-7,21H2,1H3;(H,6,7). The number of nitrogens with two attached hydrogens (primary N) is 1. The van der Waals surface area contributed by atoms with Crippen molar-refractivity contribution in [2.45, 2.75) is 71.6 Å². The maximum Gasteiger partial charge on any atom is 0.490 e. The highest BCUT2D eigenvalue weighted by molar-refractivity contribution is 5.98. The van der Waals surface area contributed by atoms with Gasteiger partial charge in [-0.2, -0.15) is 39.5 Å². The average molecular weight is 885 g/mol. The summed E-state index contributed by atoms with van der Waals surface area (Å²) >= 11 is 0. The first kappa shape index (κ1) is 48.0. The molecule has 6 N–H and O–H groups in total. The molecule has 6 aromatic rings. The smallest absolute Gasteiger partial charge is 0.477 e. The van der Waals surface area contributed by atoms with Gasteiger partial charge in [0.25, 0.3) is 0 Å². The molecule has 1 amide bonds. The minimum absolute atomic E-state index is 0.239. The summed E-state index contributed by atoms with van der Waals surface area (Å²) in [5, 5.41) is 9.80. The molecule has 12 nitrogen and oxygen atoms in total. The Morgan fingerprint density at radius 3 is 1.50 bits per heavy atom. The highest BCUT2D eigenvalue weighted by Crippen LogP contribution is 2.31. The first-order valence-corrected chi connectivity index (χ1v) is 18.3. The third-order valence-electron chi connectivity index (χ3n) is 8.37. The number of anilines is 2. The Morgan fingerprint density at radius 1 is 0.694 bits per heavy atom. The van der Waals surface area contributed by atoms with E-state index in [9.17, 15) is 44.3 Å². The van der Waals surface area contributed by atoms with Crippen molar-refractivity contribution in [1.29, 1.82) is 0 Å². The van der Waals surface area contributed by atoms with Crippen LogP contribution in [0.3, 0.4) is 0 Å². The number of aryl methyl sites for hydroxylation is 2. The number of rotatable bonds is 9. The summed E-state index contributed by atoms with van der Waals surface area (Å²) in [5.41, 5.74) is 11.0. The van der Waals surface area contributed by atoms with E-state index in [-0.39, 0.29) is 6.61 Å². The number of aliphatic carboxylic acids is 1. The third kappa shape index (κ3) is 13.9. The number of pyridine rings is 2. The number of hydrogen-bond acceptors (Lipinski definition) is 8. The van der Waals surface area contributed by atoms with Gasteiger partial charge in [-0.05, 0) is 81.1 Å². The average Bonchev–Trinajstić information content (AvgIpc) is 3.74. The highest BCUT2D eigenvalue weighted by Gasteiger charge is 2.38. The number of nitrogens with one attached hydrogen (secondary N) is 3. The van der Waals surface area contributed by atoms with Crippen molar-refractivity contribution in [3.63, 3.8) is 0 Å². The number of carbonyl (C=O) groups is 2. The van der Waals surface area contributed by atoms with Crippen LogP contribution < -0.4 is 20.5 Å². The van der Waals surface area contributed by atoms with Crippen molar-refractivity contribution in [3.05, 3.63) is 106 Å². The van der Waals surface area contributed by atoms with Gasteiger partial charge >= 0.3 is 30.6 Å². The van der Waals surface area contributed by atoms with Gasteiger partial charge in [-0.1, -0.05) is 24.3 Å². The summed E-state index contributed by atoms with van der Waals surface area (Å²) < 4.78 is 124. The number of hydrogen-bond donors (Lipinski definition) is 5. The lowest BCUT2D eigenvalue weighted by Crippen LogP contribution is -2.27. The topological polar surface area (TPSA) is 177 Å². The van der Waals surface area contributed by atoms with Crippen LogP contribution >= 0.6 is 0 Å². The molecule has 6 rings (SSSR count). The number of aromatic nitrogens is 4. The number of nitrogens with zero attached hydrogens (tertiary/aromatic N) is 2. The number of carboxylic acids is 1. The van der Waals surface area contributed by atoms with Crippen LogP contribution in [0.2, 0.25) is 0 Å². The Kier molecular flexibility index (Phi) is 15.0. The van der Waals surface area contributed by atoms with Gasteiger partial charge in [-0.25, -0.2) is 19.6 Å². The van der Waals surface area contributed by atoms with Crippen LogP contribution in [0, 0.1) is 13.8 Å². The fourth-order valence-corrected chi connectivity index (χ4v) is 5.41. The minimum Gasteiger partial charge on any atom is -0.477 e. The molecule has 334 valence electrons. The van der Waals surface area contributed by atoms with Crippen LogP contribution in [0.5, 0.6) is 11.8 Å². The van der Waals surface area contributed by atoms with E-state index in [1.165, 1.54) is 24.3 Å². The fourth-order valence-electron chi connectivity index (χ4n) is 5.41. The fraction of sp³-hybridized carbons (Fsp3) is 0.317. The lowest BCUT2D eigenvalue weighted by Gasteiger charge is -2.19. The summed E-state index contributed by atoms with van der Waals surface area (Å²) in [6.45, 7) is 9.66. The summed E-state index contributed by atoms with van der Waals surface area (Å²) in [6, 6.07) is 13.6. The van der Waals surface area contributed by atoms with E-state index in [0.717, 1.165) is 57.6 Å². The molecule has 62 heavy (non-hydrogen) atoms. The van der Waals surface area contributed by atoms with Crippen LogP contribution in [0.25, 0.3) is 22.1 Å². The van der Waals surface area contributed by atoms with Gasteiger partial charge in [-0.15, -0.1) is 0 Å². The zero-order valence-electron chi connectivity index (χ0n) is 33.6. The summed E-state index contributed by atoms with van der Waals surface area (Å²) in [4.78, 5) is 35.9. The number of carboxylic acid groups (broad SMARTS) is 1. The van der Waals surface area contributed by atoms with Gasteiger partial charge in [0, 0.05) is 37.4 Å². The maximum absolute atomic E-state index is 12.7. The number of aromatic amines is 2. The van der Waals surface area contributed by atoms with E-state index in [4.69, 9.17) is 29.8 Å². The van der Waals surface area contributed by atoms with Gasteiger partial charge < -0.3 is 35.0 Å². The van der Waals surface area contributed by atoms with Crippen molar-refractivity contribution in [3.8, 4) is 11.8 Å². The number of alkyl halides is 9. The Bertz CT molecular complexity index is 2450. The number of ether oxygens (including phenoxy) is 3. The van der Waals surface area contributed by atoms with Crippen LogP contribution in [0.1, 0.15) is 54.2 Å². The van der Waals surface area contributed by atoms with Gasteiger partial charge in [0.05, 0.1) is 46.7 Å². The van der Waals surface area contributed by atoms with E-state index in [1.807, 2.05) is 13.8 Å². The lowest BCUT2D eigenvalue weighted by atomic mass is 10.1. The molecule has 0 aliphatic rings. The SMILES string of the molecule is Cc1cc(OCCc2ccc(C(F)(F)F)cc2)nc2c(N)c[nH]c12.Cc1cc(OCCc2ccc(C(F)(F)F)cc2)nc2c(NC(=O)OC(C)(C)C)c[nH]c12.O=C(O)C(F)(F)F. The molecule has 0 aliphatic heterocycles. The summed E-state index contributed by atoms with van der Waals surface area (Å²) in [5.74, 6) is -1.96. The van der Waals surface area contributed by atoms with Crippen LogP contribution in [0.4, 0.5) is 55.7 Å². The Balaban J connectivity index is 0.000000242. The van der Waals surface area contributed by atoms with Gasteiger partial charge in [0.2, 0.25) is 11.8 Å². The first-order chi connectivity index (χ1) is 28.7.